The summed E-state index contributed by atoms with van der Waals surface area (Å²) in [6.07, 6.45) is -1.97. The van der Waals surface area contributed by atoms with Crippen molar-refractivity contribution in [3.8, 4) is 11.1 Å². The lowest BCUT2D eigenvalue weighted by atomic mass is 9.97. The van der Waals surface area contributed by atoms with E-state index in [1.54, 1.807) is 12.1 Å². The maximum atomic E-state index is 13.2. The van der Waals surface area contributed by atoms with E-state index in [-0.39, 0.29) is 48.0 Å². The number of rotatable bonds is 12. The van der Waals surface area contributed by atoms with Gasteiger partial charge in [-0.05, 0) is 64.1 Å². The number of amides is 2. The molecule has 1 aliphatic heterocycles. The molecule has 5 rings (SSSR count). The Balaban J connectivity index is 1.15. The van der Waals surface area contributed by atoms with E-state index in [1.165, 1.54) is 60.4 Å². The molecule has 14 nitrogen and oxygen atoms in total. The number of likely N-dealkylation sites (tertiary alicyclic amines) is 1. The minimum atomic E-state index is -1.06. The minimum absolute atomic E-state index is 0.0292. The number of nitrogens with zero attached hydrogens (tertiary/aromatic N) is 3. The van der Waals surface area contributed by atoms with Crippen LogP contribution in [0.25, 0.3) is 11.1 Å². The first-order chi connectivity index (χ1) is 24.5. The molecule has 1 heterocycles. The molecule has 0 bridgehead atoms. The molecule has 1 fully saturated rings. The molecule has 1 aliphatic rings. The van der Waals surface area contributed by atoms with Gasteiger partial charge in [0.05, 0.1) is 22.0 Å². The molecule has 51 heavy (non-hydrogen) atoms. The van der Waals surface area contributed by atoms with Gasteiger partial charge in [-0.15, -0.1) is 0 Å². The quantitative estimate of drug-likeness (QED) is 0.117. The van der Waals surface area contributed by atoms with Crippen molar-refractivity contribution in [2.75, 3.05) is 6.54 Å². The van der Waals surface area contributed by atoms with Crippen LogP contribution in [0.5, 0.6) is 0 Å². The number of benzene rings is 4. The van der Waals surface area contributed by atoms with Crippen LogP contribution in [0.4, 0.5) is 21.0 Å². The fourth-order valence-corrected chi connectivity index (χ4v) is 6.59. The zero-order valence-electron chi connectivity index (χ0n) is 27.4. The maximum Gasteiger partial charge on any atom is 0.410 e. The zero-order valence-corrected chi connectivity index (χ0v) is 28.2. The van der Waals surface area contributed by atoms with Gasteiger partial charge in [-0.1, -0.05) is 60.3 Å². The Kier molecular flexibility index (Phi) is 12.0. The van der Waals surface area contributed by atoms with Crippen LogP contribution >= 0.6 is 11.8 Å². The van der Waals surface area contributed by atoms with Crippen molar-refractivity contribution in [2.24, 2.45) is 0 Å². The Labute approximate surface area is 296 Å². The van der Waals surface area contributed by atoms with Crippen molar-refractivity contribution >= 4 is 40.4 Å². The summed E-state index contributed by atoms with van der Waals surface area (Å²) in [5, 5.41) is 35.5. The second-order valence-corrected chi connectivity index (χ2v) is 13.3. The zero-order chi connectivity index (χ0) is 36.5. The number of ether oxygens (including phenoxy) is 2. The van der Waals surface area contributed by atoms with Gasteiger partial charge in [0.2, 0.25) is 0 Å². The molecule has 0 aliphatic carbocycles. The number of non-ortho nitro benzene ring substituents is 2. The predicted octanol–water partition coefficient (Wildman–Crippen LogP) is 6.69. The Morgan fingerprint density at radius 2 is 1.29 bits per heavy atom. The lowest BCUT2D eigenvalue weighted by Crippen LogP contribution is -2.39. The molecule has 2 N–H and O–H groups in total. The van der Waals surface area contributed by atoms with Gasteiger partial charge in [0, 0.05) is 49.5 Å². The van der Waals surface area contributed by atoms with Crippen molar-refractivity contribution in [2.45, 2.75) is 50.5 Å². The summed E-state index contributed by atoms with van der Waals surface area (Å²) in [6.45, 7) is 1.74. The molecule has 0 radical (unpaired) electrons. The molecule has 0 spiro atoms. The summed E-state index contributed by atoms with van der Waals surface area (Å²) in [5.41, 5.74) is 4.26. The molecular formula is C36H34N4O10S. The van der Waals surface area contributed by atoms with Gasteiger partial charge in [-0.2, -0.15) is 0 Å². The topological polar surface area (TPSA) is 191 Å². The third-order valence-electron chi connectivity index (χ3n) is 8.24. The van der Waals surface area contributed by atoms with Gasteiger partial charge >= 0.3 is 12.2 Å². The van der Waals surface area contributed by atoms with Crippen LogP contribution < -0.4 is 5.32 Å². The van der Waals surface area contributed by atoms with Crippen LogP contribution in [0.15, 0.2) is 97.1 Å². The molecule has 4 aromatic carbocycles. The number of nitrogens with one attached hydrogen (secondary N) is 1. The molecule has 0 aromatic heterocycles. The summed E-state index contributed by atoms with van der Waals surface area (Å²) in [5.74, 6) is 0. The van der Waals surface area contributed by atoms with Crippen LogP contribution in [0.3, 0.4) is 0 Å². The van der Waals surface area contributed by atoms with E-state index in [0.29, 0.717) is 23.1 Å². The van der Waals surface area contributed by atoms with Gasteiger partial charge in [-0.3, -0.25) is 25.0 Å². The summed E-state index contributed by atoms with van der Waals surface area (Å²) in [7, 11) is 0. The third-order valence-corrected chi connectivity index (χ3v) is 9.25. The van der Waals surface area contributed by atoms with Crippen molar-refractivity contribution < 1.29 is 38.8 Å². The predicted molar refractivity (Wildman–Crippen MR) is 187 cm³/mol. The maximum absolute atomic E-state index is 13.2. The molecule has 2 amide bonds. The Morgan fingerprint density at radius 3 is 1.80 bits per heavy atom. The largest absolute Gasteiger partial charge is 0.445 e. The second-order valence-electron chi connectivity index (χ2n) is 11.8. The van der Waals surface area contributed by atoms with Crippen molar-refractivity contribution in [1.82, 2.24) is 10.2 Å². The van der Waals surface area contributed by atoms with Crippen molar-refractivity contribution in [3.05, 3.63) is 140 Å². The number of aliphatic hydroxyl groups excluding tert-OH is 1. The molecule has 1 saturated heterocycles. The van der Waals surface area contributed by atoms with E-state index >= 15 is 0 Å². The van der Waals surface area contributed by atoms with Crippen molar-refractivity contribution in [3.63, 3.8) is 0 Å². The number of hydrogen-bond acceptors (Lipinski definition) is 11. The van der Waals surface area contributed by atoms with E-state index in [1.807, 2.05) is 36.4 Å². The van der Waals surface area contributed by atoms with Gasteiger partial charge < -0.3 is 24.8 Å². The van der Waals surface area contributed by atoms with E-state index in [0.717, 1.165) is 28.5 Å². The van der Waals surface area contributed by atoms with E-state index in [9.17, 15) is 39.7 Å². The molecular weight excluding hydrogens is 680 g/mol. The molecule has 1 unspecified atom stereocenters. The van der Waals surface area contributed by atoms with Crippen LogP contribution in [-0.4, -0.2) is 55.0 Å². The number of nitro groups is 2. The summed E-state index contributed by atoms with van der Waals surface area (Å²) in [6, 6.07) is 25.5. The monoisotopic (exact) mass is 714 g/mol. The van der Waals surface area contributed by atoms with Crippen LogP contribution in [0, 0.1) is 20.2 Å². The SMILES string of the molecule is CC(=O)S[C@H]1C[C@@H](C(O)c2ccc(-c3ccc(CNC(=O)OCc4ccc([N+](=O)[O-])cc4)cc3)cc2)N(C(=O)OCc2ccc([N+](=O)[O-])cc2)C1. The highest BCUT2D eigenvalue weighted by Crippen LogP contribution is 2.36. The molecule has 264 valence electrons. The highest BCUT2D eigenvalue weighted by molar-refractivity contribution is 8.14. The molecule has 0 saturated carbocycles. The first kappa shape index (κ1) is 36.5. The standard InChI is InChI=1S/C36H34N4O10S/c1-23(41)51-32-18-33(38(20-32)36(44)50-22-26-6-16-31(17-7-26)40(47)48)34(42)29-12-10-28(11-13-29)27-8-2-24(3-9-27)19-37-35(43)49-21-25-4-14-30(15-5-25)39(45)46/h2-17,32-34,42H,18-22H2,1H3,(H,37,43)/t32-,33-,34?/m0/s1. The number of hydrogen-bond donors (Lipinski definition) is 2. The number of alkyl carbamates (subject to hydrolysis) is 1. The number of carbonyl (C=O) groups excluding carboxylic acids is 3. The van der Waals surface area contributed by atoms with Crippen LogP contribution in [0.2, 0.25) is 0 Å². The summed E-state index contributed by atoms with van der Waals surface area (Å²) in [4.78, 5) is 59.3. The lowest BCUT2D eigenvalue weighted by Gasteiger charge is -2.28. The van der Waals surface area contributed by atoms with E-state index in [4.69, 9.17) is 9.47 Å². The Bertz CT molecular complexity index is 1870. The van der Waals surface area contributed by atoms with Gasteiger partial charge in [0.1, 0.15) is 13.2 Å². The number of aliphatic hydroxyl groups is 1. The summed E-state index contributed by atoms with van der Waals surface area (Å²) < 4.78 is 10.7. The Hall–Kier alpha value is -5.80. The molecule has 15 heteroatoms. The van der Waals surface area contributed by atoms with Gasteiger partial charge in [-0.25, -0.2) is 9.59 Å². The number of carbonyl (C=O) groups is 3. The van der Waals surface area contributed by atoms with E-state index in [2.05, 4.69) is 5.32 Å². The fourth-order valence-electron chi connectivity index (χ4n) is 5.60. The Morgan fingerprint density at radius 1 is 0.804 bits per heavy atom. The lowest BCUT2D eigenvalue weighted by molar-refractivity contribution is -0.385. The third kappa shape index (κ3) is 9.89. The average molecular weight is 715 g/mol. The number of nitro benzene ring substituents is 2. The fraction of sp³-hybridized carbons (Fsp3) is 0.250. The molecule has 3 atom stereocenters. The number of thioether (sulfide) groups is 1. The first-order valence-corrected chi connectivity index (χ1v) is 16.7. The highest BCUT2D eigenvalue weighted by atomic mass is 32.2. The summed E-state index contributed by atoms with van der Waals surface area (Å²) >= 11 is 1.11. The van der Waals surface area contributed by atoms with Crippen LogP contribution in [-0.2, 0) is 34.0 Å². The normalized spacial score (nSPS) is 15.8. The van der Waals surface area contributed by atoms with Gasteiger partial charge in [0.25, 0.3) is 11.4 Å². The van der Waals surface area contributed by atoms with E-state index < -0.39 is 34.2 Å². The van der Waals surface area contributed by atoms with Crippen molar-refractivity contribution in [1.29, 1.82) is 0 Å². The average Bonchev–Trinajstić information content (AvgIpc) is 3.55. The van der Waals surface area contributed by atoms with Crippen LogP contribution in [0.1, 0.15) is 41.7 Å². The first-order valence-electron chi connectivity index (χ1n) is 15.8. The minimum Gasteiger partial charge on any atom is -0.445 e. The molecule has 4 aromatic rings. The highest BCUT2D eigenvalue weighted by Gasteiger charge is 2.41. The second kappa shape index (κ2) is 16.7. The smallest absolute Gasteiger partial charge is 0.410 e. The van der Waals surface area contributed by atoms with Gasteiger partial charge in [0.15, 0.2) is 5.12 Å².